The Bertz CT molecular complexity index is 213. The molecule has 0 N–H and O–H groups in total. The Morgan fingerprint density at radius 3 is 2.40 bits per heavy atom. The number of aryl methyl sites for hydroxylation is 3. The van der Waals surface area contributed by atoms with Crippen molar-refractivity contribution in [3.8, 4) is 0 Å². The van der Waals surface area contributed by atoms with Gasteiger partial charge in [-0.05, 0) is 6.42 Å². The van der Waals surface area contributed by atoms with Crippen molar-refractivity contribution in [2.45, 2.75) is 26.7 Å². The lowest BCUT2D eigenvalue weighted by atomic mass is 10.4. The van der Waals surface area contributed by atoms with Crippen LogP contribution in [0.15, 0.2) is 6.20 Å². The lowest BCUT2D eigenvalue weighted by Gasteiger charge is -1.92. The molecule has 0 saturated carbocycles. The van der Waals surface area contributed by atoms with Gasteiger partial charge in [0.05, 0.1) is 5.69 Å². The van der Waals surface area contributed by atoms with Gasteiger partial charge in [-0.2, -0.15) is 0 Å². The summed E-state index contributed by atoms with van der Waals surface area (Å²) in [4.78, 5) is 4.41. The summed E-state index contributed by atoms with van der Waals surface area (Å²) in [6, 6.07) is 0. The fraction of sp³-hybridized carbons (Fsp3) is 0.625. The van der Waals surface area contributed by atoms with Gasteiger partial charge in [-0.3, -0.25) is 0 Å². The van der Waals surface area contributed by atoms with Crippen LogP contribution in [0.4, 0.5) is 0 Å². The fourth-order valence-electron chi connectivity index (χ4n) is 1.07. The van der Waals surface area contributed by atoms with Gasteiger partial charge in [0, 0.05) is 19.7 Å². The van der Waals surface area contributed by atoms with Crippen LogP contribution in [0.3, 0.4) is 0 Å². The number of hydrogen-bond acceptors (Lipinski definition) is 1. The summed E-state index contributed by atoms with van der Waals surface area (Å²) in [5.41, 5.74) is 1.19. The van der Waals surface area contributed by atoms with Gasteiger partial charge in [0.15, 0.2) is 0 Å². The van der Waals surface area contributed by atoms with Crippen molar-refractivity contribution in [1.82, 2.24) is 9.55 Å². The van der Waals surface area contributed by atoms with E-state index in [0.717, 1.165) is 12.8 Å². The average Bonchev–Trinajstić information content (AvgIpc) is 2.30. The van der Waals surface area contributed by atoms with Gasteiger partial charge in [-0.25, -0.2) is 4.98 Å². The third-order valence-electron chi connectivity index (χ3n) is 1.70. The summed E-state index contributed by atoms with van der Waals surface area (Å²) >= 11 is 0. The van der Waals surface area contributed by atoms with E-state index in [4.69, 9.17) is 0 Å². The summed E-state index contributed by atoms with van der Waals surface area (Å²) < 4.78 is 2.10. The standard InChI is InChI=1S/C8H14N2/c1-4-7-6-10(3)8(5-2)9-7/h6H,4-5H2,1-3H3. The lowest BCUT2D eigenvalue weighted by molar-refractivity contribution is 0.807. The van der Waals surface area contributed by atoms with Crippen LogP contribution in [0.2, 0.25) is 0 Å². The van der Waals surface area contributed by atoms with Crippen molar-refractivity contribution in [3.05, 3.63) is 17.7 Å². The molecule has 0 spiro atoms. The smallest absolute Gasteiger partial charge is 0.108 e. The quantitative estimate of drug-likeness (QED) is 0.606. The molecule has 2 heteroatoms. The SMILES string of the molecule is CCc1cn(C)c(CC)n1. The minimum atomic E-state index is 1.02. The van der Waals surface area contributed by atoms with Crippen LogP contribution in [0, 0.1) is 0 Å². The maximum atomic E-state index is 4.41. The van der Waals surface area contributed by atoms with Crippen LogP contribution >= 0.6 is 0 Å². The van der Waals surface area contributed by atoms with Crippen LogP contribution in [-0.4, -0.2) is 9.55 Å². The third kappa shape index (κ3) is 1.20. The first-order chi connectivity index (χ1) is 4.77. The van der Waals surface area contributed by atoms with Crippen LogP contribution in [0.25, 0.3) is 0 Å². The molecule has 10 heavy (non-hydrogen) atoms. The Morgan fingerprint density at radius 2 is 2.10 bits per heavy atom. The van der Waals surface area contributed by atoms with E-state index in [1.54, 1.807) is 0 Å². The summed E-state index contributed by atoms with van der Waals surface area (Å²) in [7, 11) is 2.05. The van der Waals surface area contributed by atoms with E-state index in [2.05, 4.69) is 29.6 Å². The van der Waals surface area contributed by atoms with Gasteiger partial charge in [-0.15, -0.1) is 0 Å². The Morgan fingerprint density at radius 1 is 1.40 bits per heavy atom. The second-order valence-electron chi connectivity index (χ2n) is 2.47. The minimum Gasteiger partial charge on any atom is -0.338 e. The van der Waals surface area contributed by atoms with Crippen LogP contribution in [0.1, 0.15) is 25.4 Å². The van der Waals surface area contributed by atoms with Gasteiger partial charge in [0.2, 0.25) is 0 Å². The Hall–Kier alpha value is -0.790. The molecule has 0 amide bonds. The fourth-order valence-corrected chi connectivity index (χ4v) is 1.07. The maximum Gasteiger partial charge on any atom is 0.108 e. The van der Waals surface area contributed by atoms with E-state index in [1.807, 2.05) is 7.05 Å². The summed E-state index contributed by atoms with van der Waals surface area (Å²) in [5, 5.41) is 0. The zero-order chi connectivity index (χ0) is 7.56. The van der Waals surface area contributed by atoms with Crippen LogP contribution in [-0.2, 0) is 19.9 Å². The highest BCUT2D eigenvalue weighted by atomic mass is 15.0. The molecule has 56 valence electrons. The van der Waals surface area contributed by atoms with E-state index in [-0.39, 0.29) is 0 Å². The molecule has 0 aliphatic rings. The minimum absolute atomic E-state index is 1.02. The monoisotopic (exact) mass is 138 g/mol. The Balaban J connectivity index is 2.92. The van der Waals surface area contributed by atoms with Gasteiger partial charge >= 0.3 is 0 Å². The molecular formula is C8H14N2. The van der Waals surface area contributed by atoms with Crippen molar-refractivity contribution in [2.75, 3.05) is 0 Å². The average molecular weight is 138 g/mol. The molecule has 0 aliphatic carbocycles. The van der Waals surface area contributed by atoms with Gasteiger partial charge in [-0.1, -0.05) is 13.8 Å². The molecule has 0 fully saturated rings. The van der Waals surface area contributed by atoms with Crippen molar-refractivity contribution in [1.29, 1.82) is 0 Å². The molecule has 2 nitrogen and oxygen atoms in total. The van der Waals surface area contributed by atoms with Crippen molar-refractivity contribution in [2.24, 2.45) is 7.05 Å². The molecule has 0 unspecified atom stereocenters. The highest BCUT2D eigenvalue weighted by Crippen LogP contribution is 2.01. The van der Waals surface area contributed by atoms with E-state index < -0.39 is 0 Å². The van der Waals surface area contributed by atoms with Crippen LogP contribution < -0.4 is 0 Å². The summed E-state index contributed by atoms with van der Waals surface area (Å²) in [5.74, 6) is 1.18. The first-order valence-electron chi connectivity index (χ1n) is 3.79. The molecule has 0 radical (unpaired) electrons. The predicted molar refractivity (Wildman–Crippen MR) is 42.0 cm³/mol. The van der Waals surface area contributed by atoms with Gasteiger partial charge in [0.25, 0.3) is 0 Å². The third-order valence-corrected chi connectivity index (χ3v) is 1.70. The molecule has 0 aliphatic heterocycles. The van der Waals surface area contributed by atoms with Crippen molar-refractivity contribution >= 4 is 0 Å². The molecule has 1 heterocycles. The topological polar surface area (TPSA) is 17.8 Å². The molecule has 0 aromatic carbocycles. The number of aromatic nitrogens is 2. The zero-order valence-corrected chi connectivity index (χ0v) is 6.89. The lowest BCUT2D eigenvalue weighted by Crippen LogP contribution is -1.93. The predicted octanol–water partition coefficient (Wildman–Crippen LogP) is 1.54. The largest absolute Gasteiger partial charge is 0.338 e. The Kier molecular flexibility index (Phi) is 2.10. The Labute approximate surface area is 61.9 Å². The van der Waals surface area contributed by atoms with Crippen molar-refractivity contribution in [3.63, 3.8) is 0 Å². The van der Waals surface area contributed by atoms with E-state index in [9.17, 15) is 0 Å². The number of hydrogen-bond donors (Lipinski definition) is 0. The number of rotatable bonds is 2. The molecular weight excluding hydrogens is 124 g/mol. The number of imidazole rings is 1. The van der Waals surface area contributed by atoms with Gasteiger partial charge in [0.1, 0.15) is 5.82 Å². The molecule has 0 bridgehead atoms. The van der Waals surface area contributed by atoms with E-state index in [1.165, 1.54) is 11.5 Å². The molecule has 1 rings (SSSR count). The molecule has 0 saturated heterocycles. The van der Waals surface area contributed by atoms with E-state index in [0.29, 0.717) is 0 Å². The van der Waals surface area contributed by atoms with Gasteiger partial charge < -0.3 is 4.57 Å². The van der Waals surface area contributed by atoms with Crippen LogP contribution in [0.5, 0.6) is 0 Å². The zero-order valence-electron chi connectivity index (χ0n) is 6.89. The van der Waals surface area contributed by atoms with E-state index >= 15 is 0 Å². The van der Waals surface area contributed by atoms with Crippen molar-refractivity contribution < 1.29 is 0 Å². The number of nitrogens with zero attached hydrogens (tertiary/aromatic N) is 2. The maximum absolute atomic E-state index is 4.41. The first-order valence-corrected chi connectivity index (χ1v) is 3.79. The highest BCUT2D eigenvalue weighted by Gasteiger charge is 1.99. The second kappa shape index (κ2) is 2.86. The molecule has 0 atom stereocenters. The highest BCUT2D eigenvalue weighted by molar-refractivity contribution is 5.02. The first kappa shape index (κ1) is 7.32. The summed E-state index contributed by atoms with van der Waals surface area (Å²) in [6.45, 7) is 4.25. The second-order valence-corrected chi connectivity index (χ2v) is 2.47. The normalized spacial score (nSPS) is 10.3. The summed E-state index contributed by atoms with van der Waals surface area (Å²) in [6.07, 6.45) is 4.16. The molecule has 1 aromatic rings. The molecule has 1 aromatic heterocycles.